The number of thiophene rings is 3. The Morgan fingerprint density at radius 1 is 0.150 bits per heavy atom. The average Bonchev–Trinajstić information content (AvgIpc) is 1.57. The van der Waals surface area contributed by atoms with E-state index >= 15 is 0 Å². The summed E-state index contributed by atoms with van der Waals surface area (Å²) < 4.78 is 27.8. The molecule has 30 aromatic rings. The van der Waals surface area contributed by atoms with Crippen molar-refractivity contribution in [3.05, 3.63) is 528 Å². The fourth-order valence-corrected chi connectivity index (χ4v) is 25.8. The van der Waals surface area contributed by atoms with E-state index < -0.39 is 0 Å². The molecule has 0 amide bonds. The number of anilines is 9. The summed E-state index contributed by atoms with van der Waals surface area (Å²) in [4.78, 5) is 7.07. The van der Waals surface area contributed by atoms with E-state index in [-0.39, 0.29) is 0 Å². The third kappa shape index (κ3) is 15.3. The molecule has 0 spiro atoms. The molecule has 0 bridgehead atoms. The third-order valence-electron chi connectivity index (χ3n) is 29.0. The van der Waals surface area contributed by atoms with Crippen LogP contribution in [0, 0.1) is 0 Å². The molecule has 24 aromatic carbocycles. The maximum absolute atomic E-state index is 6.74. The molecular formula is C138H87N3O3S3. The van der Waals surface area contributed by atoms with Crippen molar-refractivity contribution in [3.63, 3.8) is 0 Å². The Labute approximate surface area is 859 Å². The fourth-order valence-electron chi connectivity index (χ4n) is 22.0. The fraction of sp³-hybridized carbons (Fsp3) is 0. The van der Waals surface area contributed by atoms with Crippen LogP contribution in [0.5, 0.6) is 0 Å². The van der Waals surface area contributed by atoms with Gasteiger partial charge in [0.1, 0.15) is 33.5 Å². The van der Waals surface area contributed by atoms with Gasteiger partial charge in [-0.25, -0.2) is 0 Å². The molecule has 30 rings (SSSR count). The van der Waals surface area contributed by atoms with Crippen molar-refractivity contribution in [1.82, 2.24) is 0 Å². The van der Waals surface area contributed by atoms with Crippen molar-refractivity contribution in [2.24, 2.45) is 0 Å². The van der Waals surface area contributed by atoms with Crippen LogP contribution >= 0.6 is 34.0 Å². The molecule has 690 valence electrons. The van der Waals surface area contributed by atoms with Crippen molar-refractivity contribution < 1.29 is 13.3 Å². The van der Waals surface area contributed by atoms with Crippen molar-refractivity contribution in [2.75, 3.05) is 14.7 Å². The molecule has 0 saturated heterocycles. The highest BCUT2D eigenvalue weighted by Crippen LogP contribution is 2.54. The standard InChI is InChI=1S/C50H31NOS.C48H31NOS.C40H25NOS/c1-2-13-35-29-36(24-23-32(35)11-1)33-25-27-38(28-26-33)51(45-20-10-14-34-12-3-4-17-40(34)45)39-16-9-15-37(30-39)43-31-44-41-18-6-8-22-47(41)53-50(44)48-42-19-5-7-21-46(42)52-49(43)48;1-3-11-32(12-4-1)34-19-25-37(26-20-34)49(38-27-21-35(22-28-38)33-13-5-2-6-14-33)39-29-23-36(24-30-39)42-31-43-40-15-8-10-18-45(40)51-48(43)46-41-16-7-9-17-44(41)50-47(42)46;1-3-13-26(14-4-1)41(27-15-5-2-6-16-27)35-24-23-29(28-17-7-8-18-30(28)35)33-25-34-31-19-10-12-22-37(31)43-40(34)38-32-20-9-11-21-36(32)42-39(33)38/h1-31H;1-31H;1-25H. The van der Waals surface area contributed by atoms with Gasteiger partial charge in [0.15, 0.2) is 0 Å². The van der Waals surface area contributed by atoms with Crippen molar-refractivity contribution in [1.29, 1.82) is 0 Å². The maximum atomic E-state index is 6.74. The highest BCUT2D eigenvalue weighted by molar-refractivity contribution is 7.27. The SMILES string of the molecule is c1cc(-c2cc3c4ccccc4sc3c3c2oc2ccccc23)cc(N(c2ccc(-c3ccc4ccccc4c3)cc2)c2cccc3ccccc23)c1.c1ccc(-c2ccc(N(c3ccc(-c4ccccc4)cc3)c3ccc(-c4cc5c6ccccc6sc5c5c4oc4ccccc45)cc3)cc2)cc1.c1ccc(N(c2ccccc2)c2ccc(-c3cc4c5ccccc5sc4c4c3oc3ccccc34)c3ccccc23)cc1. The van der Waals surface area contributed by atoms with E-state index in [1.807, 2.05) is 34.0 Å². The summed E-state index contributed by atoms with van der Waals surface area (Å²) in [6, 6.07) is 189. The topological polar surface area (TPSA) is 49.1 Å². The lowest BCUT2D eigenvalue weighted by molar-refractivity contribution is 0.670. The Balaban J connectivity index is 0.000000107. The highest BCUT2D eigenvalue weighted by Gasteiger charge is 2.28. The van der Waals surface area contributed by atoms with Crippen LogP contribution in [0.2, 0.25) is 0 Å². The molecule has 0 fully saturated rings. The van der Waals surface area contributed by atoms with Crippen LogP contribution in [0.1, 0.15) is 0 Å². The summed E-state index contributed by atoms with van der Waals surface area (Å²) in [6.45, 7) is 0. The molecule has 0 aliphatic heterocycles. The minimum absolute atomic E-state index is 0.911. The first-order chi connectivity index (χ1) is 72.9. The number of para-hydroxylation sites is 5. The second kappa shape index (κ2) is 36.5. The second-order valence-electron chi connectivity index (χ2n) is 37.5. The normalized spacial score (nSPS) is 11.7. The van der Waals surface area contributed by atoms with Gasteiger partial charge in [0.05, 0.1) is 11.4 Å². The molecule has 0 unspecified atom stereocenters. The van der Waals surface area contributed by atoms with E-state index in [2.05, 4.69) is 542 Å². The van der Waals surface area contributed by atoms with E-state index in [9.17, 15) is 0 Å². The zero-order valence-electron chi connectivity index (χ0n) is 79.5. The number of fused-ring (bicyclic) bond motifs is 24. The zero-order chi connectivity index (χ0) is 96.9. The van der Waals surface area contributed by atoms with Crippen LogP contribution in [0.15, 0.2) is 541 Å². The monoisotopic (exact) mass is 1930 g/mol. The molecular weight excluding hydrogens is 1840 g/mol. The third-order valence-corrected chi connectivity index (χ3v) is 32.6. The van der Waals surface area contributed by atoms with Gasteiger partial charge in [-0.1, -0.05) is 370 Å². The van der Waals surface area contributed by atoms with Gasteiger partial charge < -0.3 is 28.0 Å². The molecule has 147 heavy (non-hydrogen) atoms. The molecule has 6 heterocycles. The van der Waals surface area contributed by atoms with E-state index in [1.54, 1.807) is 0 Å². The Bertz CT molecular complexity index is 10200. The predicted molar refractivity (Wildman–Crippen MR) is 629 cm³/mol. The van der Waals surface area contributed by atoms with E-state index in [0.29, 0.717) is 0 Å². The second-order valence-corrected chi connectivity index (χ2v) is 40.6. The first-order valence-corrected chi connectivity index (χ1v) is 52.2. The van der Waals surface area contributed by atoms with Gasteiger partial charge in [-0.05, 0) is 229 Å². The van der Waals surface area contributed by atoms with E-state index in [4.69, 9.17) is 13.3 Å². The van der Waals surface area contributed by atoms with Gasteiger partial charge in [0.25, 0.3) is 0 Å². The first kappa shape index (κ1) is 86.4. The molecule has 6 aromatic heterocycles. The van der Waals surface area contributed by atoms with Crippen LogP contribution < -0.4 is 14.7 Å². The smallest absolute Gasteiger partial charge is 0.144 e. The molecule has 0 atom stereocenters. The quantitative estimate of drug-likeness (QED) is 0.102. The Morgan fingerprint density at radius 3 is 0.952 bits per heavy atom. The summed E-state index contributed by atoms with van der Waals surface area (Å²) in [5, 5.41) is 22.0. The molecule has 0 N–H and O–H groups in total. The van der Waals surface area contributed by atoms with Gasteiger partial charge in [0, 0.05) is 160 Å². The first-order valence-electron chi connectivity index (χ1n) is 49.8. The molecule has 0 aliphatic carbocycles. The molecule has 0 saturated carbocycles. The number of furan rings is 3. The van der Waals surface area contributed by atoms with Gasteiger partial charge >= 0.3 is 0 Å². The van der Waals surface area contributed by atoms with Gasteiger partial charge in [-0.15, -0.1) is 34.0 Å². The molecule has 9 heteroatoms. The largest absolute Gasteiger partial charge is 0.455 e. The summed E-state index contributed by atoms with van der Waals surface area (Å²) in [5.74, 6) is 0. The number of rotatable bonds is 15. The van der Waals surface area contributed by atoms with Crippen LogP contribution in [-0.2, 0) is 0 Å². The number of hydrogen-bond donors (Lipinski definition) is 0. The lowest BCUT2D eigenvalue weighted by Gasteiger charge is -2.27. The lowest BCUT2D eigenvalue weighted by Crippen LogP contribution is -2.10. The maximum Gasteiger partial charge on any atom is 0.144 e. The summed E-state index contributed by atoms with van der Waals surface area (Å²) in [6.07, 6.45) is 0. The Hall–Kier alpha value is -18.5. The van der Waals surface area contributed by atoms with E-state index in [1.165, 1.54) is 148 Å². The Morgan fingerprint density at radius 2 is 0.463 bits per heavy atom. The van der Waals surface area contributed by atoms with Gasteiger partial charge in [0.2, 0.25) is 0 Å². The average molecular weight is 1930 g/mol. The van der Waals surface area contributed by atoms with Crippen LogP contribution in [0.25, 0.3) is 225 Å². The minimum Gasteiger partial charge on any atom is -0.455 e. The minimum atomic E-state index is 0.911. The van der Waals surface area contributed by atoms with Gasteiger partial charge in [-0.2, -0.15) is 0 Å². The van der Waals surface area contributed by atoms with Crippen LogP contribution in [0.4, 0.5) is 51.2 Å². The zero-order valence-corrected chi connectivity index (χ0v) is 82.0. The van der Waals surface area contributed by atoms with E-state index in [0.717, 1.165) is 129 Å². The molecule has 6 nitrogen and oxygen atoms in total. The number of benzene rings is 24. The van der Waals surface area contributed by atoms with Crippen molar-refractivity contribution in [2.45, 2.75) is 0 Å². The molecule has 0 aliphatic rings. The van der Waals surface area contributed by atoms with Crippen LogP contribution in [-0.4, -0.2) is 0 Å². The summed E-state index contributed by atoms with van der Waals surface area (Å²) in [7, 11) is 0. The molecule has 0 radical (unpaired) electrons. The summed E-state index contributed by atoms with van der Waals surface area (Å²) in [5.41, 5.74) is 29.5. The lowest BCUT2D eigenvalue weighted by atomic mass is 9.93. The number of nitrogens with zero attached hydrogens (tertiary/aromatic N) is 3. The highest BCUT2D eigenvalue weighted by atomic mass is 32.1. The predicted octanol–water partition coefficient (Wildman–Crippen LogP) is 41.7. The summed E-state index contributed by atoms with van der Waals surface area (Å²) >= 11 is 5.55. The van der Waals surface area contributed by atoms with Crippen molar-refractivity contribution >= 4 is 244 Å². The van der Waals surface area contributed by atoms with Crippen molar-refractivity contribution in [3.8, 4) is 66.8 Å². The van der Waals surface area contributed by atoms with Gasteiger partial charge in [-0.3, -0.25) is 0 Å². The van der Waals surface area contributed by atoms with Crippen LogP contribution in [0.3, 0.4) is 0 Å². The number of hydrogen-bond acceptors (Lipinski definition) is 9. The Kier molecular flexibility index (Phi) is 21.4.